The van der Waals surface area contributed by atoms with Crippen molar-refractivity contribution in [1.82, 2.24) is 0 Å². The molecule has 0 unspecified atom stereocenters. The van der Waals surface area contributed by atoms with Gasteiger partial charge < -0.3 is 10.5 Å². The van der Waals surface area contributed by atoms with E-state index in [0.717, 1.165) is 39.6 Å². The summed E-state index contributed by atoms with van der Waals surface area (Å²) in [5.41, 5.74) is 10.9. The van der Waals surface area contributed by atoms with Crippen molar-refractivity contribution >= 4 is 40.4 Å². The van der Waals surface area contributed by atoms with Crippen LogP contribution in [0.25, 0.3) is 0 Å². The van der Waals surface area contributed by atoms with Crippen LogP contribution < -0.4 is 15.4 Å². The molecule has 0 radical (unpaired) electrons. The van der Waals surface area contributed by atoms with Crippen molar-refractivity contribution in [3.8, 4) is 5.75 Å². The number of benzodiazepines with no additional fused rings is 1. The molecule has 1 aliphatic rings. The second-order valence-electron chi connectivity index (χ2n) is 7.43. The van der Waals surface area contributed by atoms with Gasteiger partial charge in [-0.05, 0) is 55.0 Å². The fraction of sp³-hybridized carbons (Fsp3) is 0.160. The Morgan fingerprint density at radius 1 is 1.12 bits per heavy atom. The molecule has 0 saturated heterocycles. The highest BCUT2D eigenvalue weighted by atomic mass is 35.5. The molecule has 0 fully saturated rings. The molecule has 3 N–H and O–H groups in total. The van der Waals surface area contributed by atoms with E-state index in [-0.39, 0.29) is 6.54 Å². The number of rotatable bonds is 4. The summed E-state index contributed by atoms with van der Waals surface area (Å²) in [6.07, 6.45) is 0. The summed E-state index contributed by atoms with van der Waals surface area (Å²) in [6.45, 7) is 2.54. The SMILES string of the molecule is CN=C(C)N1C(=N)CN=C(c2ccc(Cl)cc2)c2cc(OCc3ccc(N)cc3)ccc21. The lowest BCUT2D eigenvalue weighted by molar-refractivity contribution is 0.306. The standard InChI is InChI=1S/C25H24ClN5O/c1-16(29-2)31-23-12-11-21(32-15-17-3-9-20(27)10-4-17)13-22(23)25(30-14-24(31)28)18-5-7-19(26)8-6-18/h3-13,28H,14-15,27H2,1-2H3. The maximum absolute atomic E-state index is 8.58. The van der Waals surface area contributed by atoms with E-state index in [1.165, 1.54) is 0 Å². The van der Waals surface area contributed by atoms with E-state index in [4.69, 9.17) is 32.5 Å². The number of hydrogen-bond donors (Lipinski definition) is 2. The van der Waals surface area contributed by atoms with Crippen LogP contribution in [0, 0.1) is 5.41 Å². The molecule has 0 spiro atoms. The van der Waals surface area contributed by atoms with Gasteiger partial charge in [-0.25, -0.2) is 0 Å². The molecule has 0 bridgehead atoms. The number of anilines is 2. The van der Waals surface area contributed by atoms with Crippen LogP contribution >= 0.6 is 11.6 Å². The first-order chi connectivity index (χ1) is 15.5. The molecule has 3 aromatic carbocycles. The molecule has 0 aromatic heterocycles. The predicted octanol–water partition coefficient (Wildman–Crippen LogP) is 5.18. The molecule has 32 heavy (non-hydrogen) atoms. The number of nitrogen functional groups attached to an aromatic ring is 1. The molecule has 0 saturated carbocycles. The molecular weight excluding hydrogens is 422 g/mol. The minimum atomic E-state index is 0.237. The maximum atomic E-state index is 8.58. The summed E-state index contributed by atoms with van der Waals surface area (Å²) in [5.74, 6) is 1.79. The fourth-order valence-electron chi connectivity index (χ4n) is 3.55. The lowest BCUT2D eigenvalue weighted by Crippen LogP contribution is -2.36. The highest BCUT2D eigenvalue weighted by Crippen LogP contribution is 2.31. The number of aliphatic imine (C=N–C) groups is 2. The van der Waals surface area contributed by atoms with Crippen LogP contribution in [0.4, 0.5) is 11.4 Å². The molecule has 7 heteroatoms. The summed E-state index contributed by atoms with van der Waals surface area (Å²) in [5, 5.41) is 9.24. The number of halogens is 1. The smallest absolute Gasteiger partial charge is 0.128 e. The van der Waals surface area contributed by atoms with E-state index in [2.05, 4.69) is 4.99 Å². The van der Waals surface area contributed by atoms with Gasteiger partial charge in [0.05, 0.1) is 17.9 Å². The molecule has 3 aromatic rings. The first kappa shape index (κ1) is 21.6. The van der Waals surface area contributed by atoms with Crippen LogP contribution in [0.1, 0.15) is 23.6 Å². The molecule has 1 aliphatic heterocycles. The highest BCUT2D eigenvalue weighted by molar-refractivity contribution is 6.31. The number of amidine groups is 2. The quantitative estimate of drug-likeness (QED) is 0.329. The zero-order chi connectivity index (χ0) is 22.7. The minimum absolute atomic E-state index is 0.237. The summed E-state index contributed by atoms with van der Waals surface area (Å²) >= 11 is 6.10. The first-order valence-electron chi connectivity index (χ1n) is 10.2. The van der Waals surface area contributed by atoms with Gasteiger partial charge in [0, 0.05) is 28.9 Å². The second-order valence-corrected chi connectivity index (χ2v) is 7.87. The average molecular weight is 446 g/mol. The van der Waals surface area contributed by atoms with Gasteiger partial charge in [-0.15, -0.1) is 0 Å². The number of benzene rings is 3. The van der Waals surface area contributed by atoms with Crippen LogP contribution in [0.3, 0.4) is 0 Å². The van der Waals surface area contributed by atoms with Crippen molar-refractivity contribution in [2.75, 3.05) is 24.2 Å². The molecule has 0 atom stereocenters. The topological polar surface area (TPSA) is 87.1 Å². The minimum Gasteiger partial charge on any atom is -0.489 e. The normalized spacial score (nSPS) is 14.0. The van der Waals surface area contributed by atoms with Gasteiger partial charge in [-0.1, -0.05) is 35.9 Å². The van der Waals surface area contributed by atoms with Crippen LogP contribution in [-0.4, -0.2) is 31.0 Å². The average Bonchev–Trinajstić information content (AvgIpc) is 2.94. The van der Waals surface area contributed by atoms with E-state index < -0.39 is 0 Å². The Kier molecular flexibility index (Phi) is 6.23. The third-order valence-corrected chi connectivity index (χ3v) is 5.52. The zero-order valence-electron chi connectivity index (χ0n) is 18.0. The highest BCUT2D eigenvalue weighted by Gasteiger charge is 2.25. The first-order valence-corrected chi connectivity index (χ1v) is 10.6. The molecule has 0 amide bonds. The Morgan fingerprint density at radius 2 is 1.84 bits per heavy atom. The Morgan fingerprint density at radius 3 is 2.53 bits per heavy atom. The van der Waals surface area contributed by atoms with Crippen LogP contribution in [0.2, 0.25) is 5.02 Å². The Balaban J connectivity index is 1.76. The van der Waals surface area contributed by atoms with Crippen LogP contribution in [0.15, 0.2) is 76.7 Å². The lowest BCUT2D eigenvalue weighted by atomic mass is 9.99. The molecule has 4 rings (SSSR count). The number of nitrogens with one attached hydrogen (secondary N) is 1. The van der Waals surface area contributed by atoms with E-state index in [0.29, 0.717) is 23.2 Å². The number of fused-ring (bicyclic) bond motifs is 1. The van der Waals surface area contributed by atoms with Gasteiger partial charge in [0.25, 0.3) is 0 Å². The van der Waals surface area contributed by atoms with Crippen LogP contribution in [-0.2, 0) is 6.61 Å². The van der Waals surface area contributed by atoms with Crippen molar-refractivity contribution < 1.29 is 4.74 Å². The maximum Gasteiger partial charge on any atom is 0.128 e. The summed E-state index contributed by atoms with van der Waals surface area (Å²) in [6, 6.07) is 21.0. The van der Waals surface area contributed by atoms with Gasteiger partial charge in [-0.3, -0.25) is 20.3 Å². The summed E-state index contributed by atoms with van der Waals surface area (Å²) < 4.78 is 6.07. The fourth-order valence-corrected chi connectivity index (χ4v) is 3.68. The van der Waals surface area contributed by atoms with Crippen molar-refractivity contribution in [1.29, 1.82) is 5.41 Å². The van der Waals surface area contributed by atoms with E-state index in [1.807, 2.05) is 78.6 Å². The Hall–Kier alpha value is -3.64. The van der Waals surface area contributed by atoms with Gasteiger partial charge in [0.1, 0.15) is 24.0 Å². The van der Waals surface area contributed by atoms with E-state index in [1.54, 1.807) is 7.05 Å². The molecule has 1 heterocycles. The third-order valence-electron chi connectivity index (χ3n) is 5.27. The predicted molar refractivity (Wildman–Crippen MR) is 133 cm³/mol. The van der Waals surface area contributed by atoms with Gasteiger partial charge >= 0.3 is 0 Å². The molecular formula is C25H24ClN5O. The molecule has 0 aliphatic carbocycles. The van der Waals surface area contributed by atoms with Gasteiger partial charge in [0.15, 0.2) is 0 Å². The lowest BCUT2D eigenvalue weighted by Gasteiger charge is -2.25. The van der Waals surface area contributed by atoms with Crippen molar-refractivity contribution in [3.63, 3.8) is 0 Å². The number of ether oxygens (including phenoxy) is 1. The molecule has 162 valence electrons. The van der Waals surface area contributed by atoms with E-state index in [9.17, 15) is 0 Å². The monoisotopic (exact) mass is 445 g/mol. The Labute approximate surface area is 192 Å². The van der Waals surface area contributed by atoms with Gasteiger partial charge in [-0.2, -0.15) is 0 Å². The van der Waals surface area contributed by atoms with Gasteiger partial charge in [0.2, 0.25) is 0 Å². The third kappa shape index (κ3) is 4.50. The second kappa shape index (κ2) is 9.24. The zero-order valence-corrected chi connectivity index (χ0v) is 18.7. The number of hydrogen-bond acceptors (Lipinski definition) is 5. The van der Waals surface area contributed by atoms with E-state index >= 15 is 0 Å². The molecule has 6 nitrogen and oxygen atoms in total. The summed E-state index contributed by atoms with van der Waals surface area (Å²) in [4.78, 5) is 10.9. The summed E-state index contributed by atoms with van der Waals surface area (Å²) in [7, 11) is 1.72. The van der Waals surface area contributed by atoms with Crippen molar-refractivity contribution in [3.05, 3.63) is 88.4 Å². The van der Waals surface area contributed by atoms with Crippen LogP contribution in [0.5, 0.6) is 5.75 Å². The number of nitrogens with two attached hydrogens (primary N) is 1. The number of nitrogens with zero attached hydrogens (tertiary/aromatic N) is 3. The Bertz CT molecular complexity index is 1200. The van der Waals surface area contributed by atoms with Crippen molar-refractivity contribution in [2.24, 2.45) is 9.98 Å². The largest absolute Gasteiger partial charge is 0.489 e. The van der Waals surface area contributed by atoms with Crippen molar-refractivity contribution in [2.45, 2.75) is 13.5 Å².